The number of carbonyl (C=O) groups excluding carboxylic acids is 1. The highest BCUT2D eigenvalue weighted by Crippen LogP contribution is 2.31. The molecule has 1 aromatic heterocycles. The number of benzene rings is 1. The molecule has 1 aliphatic rings. The number of rotatable bonds is 4. The average Bonchev–Trinajstić information content (AvgIpc) is 2.97. The zero-order valence-electron chi connectivity index (χ0n) is 12.0. The van der Waals surface area contributed by atoms with Gasteiger partial charge in [-0.15, -0.1) is 11.3 Å². The van der Waals surface area contributed by atoms with E-state index >= 15 is 0 Å². The Morgan fingerprint density at radius 2 is 2.19 bits per heavy atom. The predicted molar refractivity (Wildman–Crippen MR) is 82.9 cm³/mol. The number of ether oxygens (including phenoxy) is 1. The van der Waals surface area contributed by atoms with Gasteiger partial charge in [0.1, 0.15) is 11.9 Å². The second-order valence-electron chi connectivity index (χ2n) is 4.70. The number of fused-ring (bicyclic) bond motifs is 1. The van der Waals surface area contributed by atoms with Gasteiger partial charge in [0.2, 0.25) is 0 Å². The van der Waals surface area contributed by atoms with Gasteiger partial charge in [-0.1, -0.05) is 6.92 Å². The lowest BCUT2D eigenvalue weighted by molar-refractivity contribution is 0.0936. The molecule has 2 aromatic rings. The third-order valence-electron chi connectivity index (χ3n) is 3.28. The minimum absolute atomic E-state index is 0.0956. The number of aryl methyl sites for hydroxylation is 1. The van der Waals surface area contributed by atoms with Crippen LogP contribution in [-0.2, 0) is 6.42 Å². The summed E-state index contributed by atoms with van der Waals surface area (Å²) in [4.78, 5) is 17.6. The van der Waals surface area contributed by atoms with Gasteiger partial charge in [0.15, 0.2) is 0 Å². The number of aromatic nitrogens is 1. The lowest BCUT2D eigenvalue weighted by atomic mass is 10.1. The summed E-state index contributed by atoms with van der Waals surface area (Å²) in [6, 6.07) is 5.52. The van der Waals surface area contributed by atoms with Gasteiger partial charge in [0.05, 0.1) is 22.1 Å². The first-order valence-corrected chi connectivity index (χ1v) is 7.81. The molecule has 0 saturated carbocycles. The highest BCUT2D eigenvalue weighted by molar-refractivity contribution is 7.11. The van der Waals surface area contributed by atoms with E-state index in [2.05, 4.69) is 22.5 Å². The van der Waals surface area contributed by atoms with E-state index in [1.54, 1.807) is 17.4 Å². The minimum atomic E-state index is -0.222. The SMILES string of the molecule is CCOc1ccc2c(c1)C(=O)NC(c1cnc(CC)s1)N2. The predicted octanol–water partition coefficient (Wildman–Crippen LogP) is 2.96. The van der Waals surface area contributed by atoms with E-state index in [0.29, 0.717) is 17.9 Å². The first kappa shape index (κ1) is 13.9. The normalized spacial score (nSPS) is 16.9. The Morgan fingerprint density at radius 3 is 2.90 bits per heavy atom. The molecule has 1 unspecified atom stereocenters. The summed E-state index contributed by atoms with van der Waals surface area (Å²) in [6.07, 6.45) is 2.50. The Kier molecular flexibility index (Phi) is 3.79. The fourth-order valence-corrected chi connectivity index (χ4v) is 3.12. The van der Waals surface area contributed by atoms with Crippen molar-refractivity contribution in [3.63, 3.8) is 0 Å². The number of carbonyl (C=O) groups is 1. The van der Waals surface area contributed by atoms with E-state index < -0.39 is 0 Å². The number of hydrogen-bond acceptors (Lipinski definition) is 5. The molecule has 1 aromatic carbocycles. The maximum atomic E-state index is 12.3. The number of nitrogens with zero attached hydrogens (tertiary/aromatic N) is 1. The molecule has 0 bridgehead atoms. The van der Waals surface area contributed by atoms with Gasteiger partial charge in [-0.2, -0.15) is 0 Å². The Hall–Kier alpha value is -2.08. The van der Waals surface area contributed by atoms with Gasteiger partial charge >= 0.3 is 0 Å². The first-order valence-electron chi connectivity index (χ1n) is 7.00. The van der Waals surface area contributed by atoms with Crippen LogP contribution in [0.2, 0.25) is 0 Å². The summed E-state index contributed by atoms with van der Waals surface area (Å²) >= 11 is 1.61. The summed E-state index contributed by atoms with van der Waals surface area (Å²) < 4.78 is 5.43. The molecule has 2 heterocycles. The van der Waals surface area contributed by atoms with Crippen molar-refractivity contribution in [1.82, 2.24) is 10.3 Å². The van der Waals surface area contributed by atoms with Crippen molar-refractivity contribution in [2.45, 2.75) is 26.4 Å². The number of nitrogens with one attached hydrogen (secondary N) is 2. The van der Waals surface area contributed by atoms with Gasteiger partial charge < -0.3 is 15.4 Å². The number of hydrogen-bond donors (Lipinski definition) is 2. The van der Waals surface area contributed by atoms with Crippen LogP contribution >= 0.6 is 11.3 Å². The van der Waals surface area contributed by atoms with Gasteiger partial charge in [-0.05, 0) is 31.5 Å². The van der Waals surface area contributed by atoms with Crippen LogP contribution in [0.15, 0.2) is 24.4 Å². The Bertz CT molecular complexity index is 669. The van der Waals surface area contributed by atoms with Crippen molar-refractivity contribution in [2.24, 2.45) is 0 Å². The van der Waals surface area contributed by atoms with Crippen LogP contribution in [0, 0.1) is 0 Å². The summed E-state index contributed by atoms with van der Waals surface area (Å²) in [6.45, 7) is 4.57. The second kappa shape index (κ2) is 5.73. The maximum absolute atomic E-state index is 12.3. The molecule has 6 heteroatoms. The van der Waals surface area contributed by atoms with Crippen LogP contribution in [0.25, 0.3) is 0 Å². The first-order chi connectivity index (χ1) is 10.2. The van der Waals surface area contributed by atoms with Gasteiger partial charge in [-0.3, -0.25) is 4.79 Å². The second-order valence-corrected chi connectivity index (χ2v) is 5.85. The van der Waals surface area contributed by atoms with Crippen LogP contribution in [0.5, 0.6) is 5.75 Å². The summed E-state index contributed by atoms with van der Waals surface area (Å²) in [5, 5.41) is 7.36. The molecule has 1 aliphatic heterocycles. The zero-order valence-corrected chi connectivity index (χ0v) is 12.8. The van der Waals surface area contributed by atoms with Crippen LogP contribution in [-0.4, -0.2) is 17.5 Å². The summed E-state index contributed by atoms with van der Waals surface area (Å²) in [7, 11) is 0. The molecule has 0 aliphatic carbocycles. The number of amides is 1. The van der Waals surface area contributed by atoms with E-state index in [9.17, 15) is 4.79 Å². The number of thiazole rings is 1. The highest BCUT2D eigenvalue weighted by Gasteiger charge is 2.26. The molecule has 2 N–H and O–H groups in total. The van der Waals surface area contributed by atoms with Crippen molar-refractivity contribution in [2.75, 3.05) is 11.9 Å². The van der Waals surface area contributed by atoms with Crippen LogP contribution in [0.4, 0.5) is 5.69 Å². The third-order valence-corrected chi connectivity index (χ3v) is 4.49. The van der Waals surface area contributed by atoms with E-state index in [-0.39, 0.29) is 12.1 Å². The molecule has 0 spiro atoms. The van der Waals surface area contributed by atoms with Crippen molar-refractivity contribution in [1.29, 1.82) is 0 Å². The quantitative estimate of drug-likeness (QED) is 0.911. The molecular formula is C15H17N3O2S. The average molecular weight is 303 g/mol. The third kappa shape index (κ3) is 2.71. The smallest absolute Gasteiger partial charge is 0.255 e. The van der Waals surface area contributed by atoms with Crippen molar-refractivity contribution < 1.29 is 9.53 Å². The zero-order chi connectivity index (χ0) is 14.8. The Morgan fingerprint density at radius 1 is 1.33 bits per heavy atom. The van der Waals surface area contributed by atoms with Crippen LogP contribution < -0.4 is 15.4 Å². The molecular weight excluding hydrogens is 286 g/mol. The van der Waals surface area contributed by atoms with E-state index in [1.165, 1.54) is 0 Å². The highest BCUT2D eigenvalue weighted by atomic mass is 32.1. The van der Waals surface area contributed by atoms with E-state index in [1.807, 2.05) is 25.3 Å². The molecule has 0 saturated heterocycles. The topological polar surface area (TPSA) is 63.2 Å². The number of anilines is 1. The monoisotopic (exact) mass is 303 g/mol. The van der Waals surface area contributed by atoms with Crippen molar-refractivity contribution >= 4 is 22.9 Å². The standard InChI is InChI=1S/C15H17N3O2S/c1-3-13-16-8-12(21-13)14-17-11-6-5-9(20-4-2)7-10(11)15(19)18-14/h5-8,14,17H,3-4H2,1-2H3,(H,18,19). The molecule has 3 rings (SSSR count). The molecule has 110 valence electrons. The van der Waals surface area contributed by atoms with E-state index in [4.69, 9.17) is 4.74 Å². The Labute approximate surface area is 127 Å². The van der Waals surface area contributed by atoms with E-state index in [0.717, 1.165) is 22.0 Å². The molecule has 1 atom stereocenters. The molecule has 21 heavy (non-hydrogen) atoms. The van der Waals surface area contributed by atoms with Gasteiger partial charge in [0.25, 0.3) is 5.91 Å². The molecule has 5 nitrogen and oxygen atoms in total. The molecule has 1 amide bonds. The van der Waals surface area contributed by atoms with Crippen LogP contribution in [0.1, 0.15) is 40.3 Å². The molecule has 0 fully saturated rings. The van der Waals surface area contributed by atoms with Gasteiger partial charge in [0, 0.05) is 11.9 Å². The maximum Gasteiger partial charge on any atom is 0.255 e. The fourth-order valence-electron chi connectivity index (χ4n) is 2.26. The van der Waals surface area contributed by atoms with Crippen molar-refractivity contribution in [3.8, 4) is 5.75 Å². The van der Waals surface area contributed by atoms with Crippen molar-refractivity contribution in [3.05, 3.63) is 39.8 Å². The Balaban J connectivity index is 1.86. The lowest BCUT2D eigenvalue weighted by Gasteiger charge is -2.27. The summed E-state index contributed by atoms with van der Waals surface area (Å²) in [5.41, 5.74) is 1.43. The summed E-state index contributed by atoms with van der Waals surface area (Å²) in [5.74, 6) is 0.611. The van der Waals surface area contributed by atoms with Crippen LogP contribution in [0.3, 0.4) is 0 Å². The largest absolute Gasteiger partial charge is 0.494 e. The van der Waals surface area contributed by atoms with Gasteiger partial charge in [-0.25, -0.2) is 4.98 Å². The molecule has 0 radical (unpaired) electrons. The minimum Gasteiger partial charge on any atom is -0.494 e. The lowest BCUT2D eigenvalue weighted by Crippen LogP contribution is -2.38. The fraction of sp³-hybridized carbons (Fsp3) is 0.333.